The second-order valence-electron chi connectivity index (χ2n) is 7.87. The van der Waals surface area contributed by atoms with Crippen LogP contribution in [0.3, 0.4) is 0 Å². The highest BCUT2D eigenvalue weighted by Crippen LogP contribution is 2.28. The molecule has 2 N–H and O–H groups in total. The average Bonchev–Trinajstić information content (AvgIpc) is 2.83. The van der Waals surface area contributed by atoms with Crippen LogP contribution in [0.2, 0.25) is 0 Å². The predicted octanol–water partition coefficient (Wildman–Crippen LogP) is 1.54. The number of methoxy groups -OCH3 is 1. The fourth-order valence-electron chi connectivity index (χ4n) is 3.59. The maximum absolute atomic E-state index is 13.1. The van der Waals surface area contributed by atoms with Gasteiger partial charge in [0.25, 0.3) is 11.8 Å². The van der Waals surface area contributed by atoms with Gasteiger partial charge in [-0.1, -0.05) is 30.3 Å². The number of hydrogen-bond donors (Lipinski definition) is 2. The molecule has 0 aliphatic carbocycles. The normalized spacial score (nSPS) is 15.6. The fourth-order valence-corrected chi connectivity index (χ4v) is 3.59. The molecule has 2 aromatic carbocycles. The van der Waals surface area contributed by atoms with E-state index in [4.69, 9.17) is 9.47 Å². The standard InChI is InChI=1S/C24H32N4O4/c1-25-23(29)17-32-21-10-9-19(15-22(21)31-3)24(30)26-20(18-7-5-4-6-8-18)16-28-13-11-27(2)12-14-28/h4-10,15,20H,11-14,16-17H2,1-3H3,(H,25,29)(H,26,30). The number of rotatable bonds is 9. The van der Waals surface area contributed by atoms with E-state index >= 15 is 0 Å². The number of piperazine rings is 1. The SMILES string of the molecule is CNC(=O)COc1ccc(C(=O)NC(CN2CCN(C)CC2)c2ccccc2)cc1OC. The van der Waals surface area contributed by atoms with Gasteiger partial charge in [-0.2, -0.15) is 0 Å². The van der Waals surface area contributed by atoms with Crippen molar-refractivity contribution in [1.82, 2.24) is 20.4 Å². The second kappa shape index (κ2) is 11.5. The third kappa shape index (κ3) is 6.45. The van der Waals surface area contributed by atoms with Crippen molar-refractivity contribution in [3.63, 3.8) is 0 Å². The van der Waals surface area contributed by atoms with E-state index in [2.05, 4.69) is 27.5 Å². The molecule has 172 valence electrons. The first-order chi connectivity index (χ1) is 15.5. The van der Waals surface area contributed by atoms with Gasteiger partial charge in [0.15, 0.2) is 18.1 Å². The molecule has 1 saturated heterocycles. The molecule has 8 heteroatoms. The monoisotopic (exact) mass is 440 g/mol. The molecule has 0 saturated carbocycles. The zero-order valence-electron chi connectivity index (χ0n) is 19.0. The molecular formula is C24H32N4O4. The molecule has 8 nitrogen and oxygen atoms in total. The van der Waals surface area contributed by atoms with Crippen LogP contribution in [0.25, 0.3) is 0 Å². The molecule has 1 heterocycles. The summed E-state index contributed by atoms with van der Waals surface area (Å²) in [6, 6.07) is 14.8. The van der Waals surface area contributed by atoms with Gasteiger partial charge in [0.1, 0.15) is 0 Å². The van der Waals surface area contributed by atoms with Crippen molar-refractivity contribution in [1.29, 1.82) is 0 Å². The van der Waals surface area contributed by atoms with Gasteiger partial charge in [0.05, 0.1) is 13.2 Å². The van der Waals surface area contributed by atoms with Crippen LogP contribution >= 0.6 is 0 Å². The largest absolute Gasteiger partial charge is 0.493 e. The summed E-state index contributed by atoms with van der Waals surface area (Å²) in [6.45, 7) is 4.60. The van der Waals surface area contributed by atoms with Gasteiger partial charge in [0, 0.05) is 45.3 Å². The zero-order valence-corrected chi connectivity index (χ0v) is 19.0. The number of hydrogen-bond acceptors (Lipinski definition) is 6. The molecule has 0 spiro atoms. The summed E-state index contributed by atoms with van der Waals surface area (Å²) in [5, 5.41) is 5.68. The molecule has 1 atom stereocenters. The van der Waals surface area contributed by atoms with Crippen molar-refractivity contribution in [2.75, 3.05) is 60.5 Å². The van der Waals surface area contributed by atoms with Crippen LogP contribution in [-0.4, -0.2) is 82.1 Å². The van der Waals surface area contributed by atoms with Crippen LogP contribution < -0.4 is 20.1 Å². The molecular weight excluding hydrogens is 408 g/mol. The number of carbonyl (C=O) groups excluding carboxylic acids is 2. The van der Waals surface area contributed by atoms with Crippen LogP contribution in [0, 0.1) is 0 Å². The second-order valence-corrected chi connectivity index (χ2v) is 7.87. The summed E-state index contributed by atoms with van der Waals surface area (Å²) in [5.74, 6) is 0.370. The highest BCUT2D eigenvalue weighted by molar-refractivity contribution is 5.95. The van der Waals surface area contributed by atoms with Crippen molar-refractivity contribution < 1.29 is 19.1 Å². The van der Waals surface area contributed by atoms with Gasteiger partial charge >= 0.3 is 0 Å². The Balaban J connectivity index is 1.73. The van der Waals surface area contributed by atoms with Crippen molar-refractivity contribution in [3.8, 4) is 11.5 Å². The number of nitrogens with zero attached hydrogens (tertiary/aromatic N) is 2. The van der Waals surface area contributed by atoms with E-state index in [1.165, 1.54) is 7.11 Å². The Morgan fingerprint density at radius 3 is 2.41 bits per heavy atom. The van der Waals surface area contributed by atoms with E-state index in [9.17, 15) is 9.59 Å². The van der Waals surface area contributed by atoms with E-state index in [1.807, 2.05) is 30.3 Å². The number of likely N-dealkylation sites (N-methyl/N-ethyl adjacent to an activating group) is 2. The van der Waals surface area contributed by atoms with Crippen LogP contribution in [-0.2, 0) is 4.79 Å². The fraction of sp³-hybridized carbons (Fsp3) is 0.417. The minimum atomic E-state index is -0.247. The molecule has 1 aliphatic heterocycles. The summed E-state index contributed by atoms with van der Waals surface area (Å²) in [6.07, 6.45) is 0. The van der Waals surface area contributed by atoms with Gasteiger partial charge in [-0.25, -0.2) is 0 Å². The average molecular weight is 441 g/mol. The highest BCUT2D eigenvalue weighted by atomic mass is 16.5. The molecule has 1 aliphatic rings. The van der Waals surface area contributed by atoms with Gasteiger partial charge in [-0.15, -0.1) is 0 Å². The van der Waals surface area contributed by atoms with E-state index in [0.29, 0.717) is 17.1 Å². The third-order valence-electron chi connectivity index (χ3n) is 5.61. The van der Waals surface area contributed by atoms with Crippen molar-refractivity contribution in [2.24, 2.45) is 0 Å². The van der Waals surface area contributed by atoms with Crippen molar-refractivity contribution in [3.05, 3.63) is 59.7 Å². The van der Waals surface area contributed by atoms with Gasteiger partial charge in [0.2, 0.25) is 0 Å². The zero-order chi connectivity index (χ0) is 22.9. The molecule has 2 amide bonds. The van der Waals surface area contributed by atoms with Crippen LogP contribution in [0.15, 0.2) is 48.5 Å². The van der Waals surface area contributed by atoms with Crippen molar-refractivity contribution >= 4 is 11.8 Å². The Labute approximate surface area is 189 Å². The number of nitrogens with one attached hydrogen (secondary N) is 2. The maximum atomic E-state index is 13.1. The Morgan fingerprint density at radius 1 is 1.03 bits per heavy atom. The van der Waals surface area contributed by atoms with Crippen LogP contribution in [0.5, 0.6) is 11.5 Å². The van der Waals surface area contributed by atoms with E-state index in [-0.39, 0.29) is 24.5 Å². The van der Waals surface area contributed by atoms with E-state index in [0.717, 1.165) is 38.3 Å². The van der Waals surface area contributed by atoms with Crippen molar-refractivity contribution in [2.45, 2.75) is 6.04 Å². The Kier molecular flexibility index (Phi) is 8.47. The number of ether oxygens (including phenoxy) is 2. The number of amides is 2. The Hall–Kier alpha value is -3.10. The lowest BCUT2D eigenvalue weighted by Crippen LogP contribution is -2.47. The molecule has 0 radical (unpaired) electrons. The lowest BCUT2D eigenvalue weighted by atomic mass is 10.0. The summed E-state index contributed by atoms with van der Waals surface area (Å²) < 4.78 is 10.9. The number of carbonyl (C=O) groups is 2. The minimum absolute atomic E-state index is 0.125. The molecule has 3 rings (SSSR count). The summed E-state index contributed by atoms with van der Waals surface area (Å²) in [7, 11) is 5.18. The first-order valence-electron chi connectivity index (χ1n) is 10.8. The van der Waals surface area contributed by atoms with E-state index < -0.39 is 0 Å². The topological polar surface area (TPSA) is 83.1 Å². The van der Waals surface area contributed by atoms with Gasteiger partial charge in [-0.3, -0.25) is 14.5 Å². The maximum Gasteiger partial charge on any atom is 0.257 e. The van der Waals surface area contributed by atoms with Gasteiger partial charge < -0.3 is 25.0 Å². The highest BCUT2D eigenvalue weighted by Gasteiger charge is 2.22. The molecule has 0 bridgehead atoms. The first-order valence-corrected chi connectivity index (χ1v) is 10.8. The molecule has 32 heavy (non-hydrogen) atoms. The minimum Gasteiger partial charge on any atom is -0.493 e. The smallest absolute Gasteiger partial charge is 0.257 e. The summed E-state index contributed by atoms with van der Waals surface area (Å²) in [4.78, 5) is 29.3. The van der Waals surface area contributed by atoms with Crippen LogP contribution in [0.1, 0.15) is 22.0 Å². The van der Waals surface area contributed by atoms with Crippen LogP contribution in [0.4, 0.5) is 0 Å². The number of benzene rings is 2. The summed E-state index contributed by atoms with van der Waals surface area (Å²) >= 11 is 0. The third-order valence-corrected chi connectivity index (χ3v) is 5.61. The first kappa shape index (κ1) is 23.6. The molecule has 1 fully saturated rings. The Morgan fingerprint density at radius 2 is 1.75 bits per heavy atom. The predicted molar refractivity (Wildman–Crippen MR) is 123 cm³/mol. The molecule has 2 aromatic rings. The summed E-state index contributed by atoms with van der Waals surface area (Å²) in [5.41, 5.74) is 1.53. The Bertz CT molecular complexity index is 898. The quantitative estimate of drug-likeness (QED) is 0.616. The lowest BCUT2D eigenvalue weighted by Gasteiger charge is -2.35. The molecule has 0 aromatic heterocycles. The van der Waals surface area contributed by atoms with E-state index in [1.54, 1.807) is 25.2 Å². The molecule has 1 unspecified atom stereocenters. The lowest BCUT2D eigenvalue weighted by molar-refractivity contribution is -0.122. The van der Waals surface area contributed by atoms with Gasteiger partial charge in [-0.05, 0) is 30.8 Å².